The van der Waals surface area contributed by atoms with E-state index in [1.165, 1.54) is 19.3 Å². The third kappa shape index (κ3) is 3.67. The second-order valence-corrected chi connectivity index (χ2v) is 5.36. The van der Waals surface area contributed by atoms with Crippen molar-refractivity contribution in [3.63, 3.8) is 0 Å². The van der Waals surface area contributed by atoms with Gasteiger partial charge in [-0.3, -0.25) is 0 Å². The summed E-state index contributed by atoms with van der Waals surface area (Å²) in [7, 11) is 1.75. The molecule has 0 amide bonds. The van der Waals surface area contributed by atoms with Crippen LogP contribution in [0.1, 0.15) is 40.0 Å². The third-order valence-electron chi connectivity index (χ3n) is 4.39. The van der Waals surface area contributed by atoms with Gasteiger partial charge in [-0.1, -0.05) is 26.7 Å². The highest BCUT2D eigenvalue weighted by Gasteiger charge is 2.44. The normalized spacial score (nSPS) is 30.7. The van der Waals surface area contributed by atoms with E-state index in [4.69, 9.17) is 9.47 Å². The van der Waals surface area contributed by atoms with E-state index >= 15 is 0 Å². The van der Waals surface area contributed by atoms with Crippen molar-refractivity contribution >= 4 is 0 Å². The lowest BCUT2D eigenvalue weighted by molar-refractivity contribution is 0.0289. The predicted octanol–water partition coefficient (Wildman–Crippen LogP) is 2.45. The van der Waals surface area contributed by atoms with Crippen molar-refractivity contribution in [1.82, 2.24) is 5.32 Å². The molecule has 0 radical (unpaired) electrons. The minimum absolute atomic E-state index is 0.323. The molecule has 0 saturated carbocycles. The maximum atomic E-state index is 5.82. The zero-order valence-corrected chi connectivity index (χ0v) is 11.9. The molecule has 3 atom stereocenters. The van der Waals surface area contributed by atoms with E-state index in [9.17, 15) is 0 Å². The first-order valence-corrected chi connectivity index (χ1v) is 6.98. The van der Waals surface area contributed by atoms with Gasteiger partial charge >= 0.3 is 0 Å². The molecule has 17 heavy (non-hydrogen) atoms. The molecular weight excluding hydrogens is 214 g/mol. The highest BCUT2D eigenvalue weighted by molar-refractivity contribution is 4.94. The molecule has 1 aliphatic rings. The molecule has 0 aromatic heterocycles. The lowest BCUT2D eigenvalue weighted by Gasteiger charge is -2.38. The summed E-state index contributed by atoms with van der Waals surface area (Å²) in [5.41, 5.74) is 0.323. The van der Waals surface area contributed by atoms with Crippen molar-refractivity contribution in [2.75, 3.05) is 33.4 Å². The number of ether oxygens (including phenoxy) is 2. The summed E-state index contributed by atoms with van der Waals surface area (Å²) in [6.45, 7) is 10.6. The Bertz CT molecular complexity index is 210. The molecule has 1 N–H and O–H groups in total. The summed E-state index contributed by atoms with van der Waals surface area (Å²) in [5, 5.41) is 3.53. The van der Waals surface area contributed by atoms with Crippen molar-refractivity contribution in [3.05, 3.63) is 0 Å². The first-order chi connectivity index (χ1) is 8.17. The van der Waals surface area contributed by atoms with Crippen LogP contribution in [-0.4, -0.2) is 39.5 Å². The Morgan fingerprint density at radius 3 is 2.82 bits per heavy atom. The highest BCUT2D eigenvalue weighted by Crippen LogP contribution is 2.43. The van der Waals surface area contributed by atoms with Crippen LogP contribution in [0.3, 0.4) is 0 Å². The van der Waals surface area contributed by atoms with Gasteiger partial charge in [-0.2, -0.15) is 0 Å². The Hall–Kier alpha value is -0.120. The van der Waals surface area contributed by atoms with Crippen molar-refractivity contribution < 1.29 is 9.47 Å². The second-order valence-electron chi connectivity index (χ2n) is 5.36. The van der Waals surface area contributed by atoms with Crippen LogP contribution < -0.4 is 5.32 Å². The molecule has 0 spiro atoms. The van der Waals surface area contributed by atoms with E-state index in [0.717, 1.165) is 32.2 Å². The van der Waals surface area contributed by atoms with Crippen molar-refractivity contribution in [3.8, 4) is 0 Å². The molecule has 3 unspecified atom stereocenters. The van der Waals surface area contributed by atoms with Crippen molar-refractivity contribution in [2.24, 2.45) is 11.3 Å². The zero-order valence-electron chi connectivity index (χ0n) is 11.9. The maximum absolute atomic E-state index is 5.82. The fourth-order valence-corrected chi connectivity index (χ4v) is 3.06. The van der Waals surface area contributed by atoms with Gasteiger partial charge in [0.15, 0.2) is 0 Å². The molecule has 102 valence electrons. The van der Waals surface area contributed by atoms with Crippen molar-refractivity contribution in [1.29, 1.82) is 0 Å². The average Bonchev–Trinajstić information content (AvgIpc) is 2.68. The van der Waals surface area contributed by atoms with Crippen molar-refractivity contribution in [2.45, 2.75) is 46.1 Å². The van der Waals surface area contributed by atoms with Gasteiger partial charge in [0.1, 0.15) is 0 Å². The van der Waals surface area contributed by atoms with E-state index in [1.807, 2.05) is 0 Å². The fourth-order valence-electron chi connectivity index (χ4n) is 3.06. The van der Waals surface area contributed by atoms with Crippen LogP contribution in [0.2, 0.25) is 0 Å². The second kappa shape index (κ2) is 7.34. The van der Waals surface area contributed by atoms with Gasteiger partial charge < -0.3 is 14.8 Å². The summed E-state index contributed by atoms with van der Waals surface area (Å²) in [4.78, 5) is 0. The summed E-state index contributed by atoms with van der Waals surface area (Å²) in [5.74, 6) is 0.722. The minimum Gasteiger partial charge on any atom is -0.383 e. The van der Waals surface area contributed by atoms with Gasteiger partial charge in [-0.15, -0.1) is 0 Å². The van der Waals surface area contributed by atoms with Crippen LogP contribution >= 0.6 is 0 Å². The van der Waals surface area contributed by atoms with Gasteiger partial charge in [-0.05, 0) is 19.3 Å². The molecule has 0 aromatic rings. The molecular formula is C14H29NO2. The van der Waals surface area contributed by atoms with E-state index < -0.39 is 0 Å². The average molecular weight is 243 g/mol. The summed E-state index contributed by atoms with van der Waals surface area (Å²) in [6, 6.07) is 0. The predicted molar refractivity (Wildman–Crippen MR) is 71.3 cm³/mol. The summed E-state index contributed by atoms with van der Waals surface area (Å²) >= 11 is 0. The first-order valence-electron chi connectivity index (χ1n) is 6.98. The molecule has 3 heteroatoms. The smallest absolute Gasteiger partial charge is 0.0618 e. The van der Waals surface area contributed by atoms with Crippen LogP contribution in [0.15, 0.2) is 0 Å². The standard InChI is InChI=1S/C14H29NO2/c1-5-6-12(2)14(7-9-17-13(14)3)11-15-8-10-16-4/h12-13,15H,5-11H2,1-4H3. The van der Waals surface area contributed by atoms with E-state index in [0.29, 0.717) is 11.5 Å². The quantitative estimate of drug-likeness (QED) is 0.664. The largest absolute Gasteiger partial charge is 0.383 e. The summed E-state index contributed by atoms with van der Waals surface area (Å²) < 4.78 is 10.9. The SMILES string of the molecule is CCCC(C)C1(CNCCOC)CCOC1C. The van der Waals surface area contributed by atoms with E-state index in [1.54, 1.807) is 7.11 Å². The van der Waals surface area contributed by atoms with Crippen LogP contribution in [-0.2, 0) is 9.47 Å². The van der Waals surface area contributed by atoms with Crippen LogP contribution in [0.5, 0.6) is 0 Å². The molecule has 1 saturated heterocycles. The van der Waals surface area contributed by atoms with Gasteiger partial charge in [-0.25, -0.2) is 0 Å². The number of hydrogen-bond donors (Lipinski definition) is 1. The van der Waals surface area contributed by atoms with Crippen LogP contribution in [0.4, 0.5) is 0 Å². The lowest BCUT2D eigenvalue weighted by atomic mass is 9.69. The maximum Gasteiger partial charge on any atom is 0.0618 e. The number of hydrogen-bond acceptors (Lipinski definition) is 3. The Morgan fingerprint density at radius 2 is 2.29 bits per heavy atom. The first kappa shape index (κ1) is 14.9. The Labute approximate surface area is 106 Å². The fraction of sp³-hybridized carbons (Fsp3) is 1.00. The highest BCUT2D eigenvalue weighted by atomic mass is 16.5. The monoisotopic (exact) mass is 243 g/mol. The molecule has 0 aliphatic carbocycles. The van der Waals surface area contributed by atoms with Gasteiger partial charge in [0.05, 0.1) is 12.7 Å². The molecule has 0 aromatic carbocycles. The molecule has 1 aliphatic heterocycles. The van der Waals surface area contributed by atoms with E-state index in [2.05, 4.69) is 26.1 Å². The van der Waals surface area contributed by atoms with Crippen LogP contribution in [0.25, 0.3) is 0 Å². The molecule has 1 rings (SSSR count). The molecule has 3 nitrogen and oxygen atoms in total. The molecule has 1 heterocycles. The zero-order chi connectivity index (χ0) is 12.7. The molecule has 1 fully saturated rings. The van der Waals surface area contributed by atoms with E-state index in [-0.39, 0.29) is 0 Å². The Kier molecular flexibility index (Phi) is 6.45. The number of methoxy groups -OCH3 is 1. The topological polar surface area (TPSA) is 30.5 Å². The number of nitrogens with one attached hydrogen (secondary N) is 1. The van der Waals surface area contributed by atoms with Gasteiger partial charge in [0, 0.05) is 32.2 Å². The lowest BCUT2D eigenvalue weighted by Crippen LogP contribution is -2.45. The summed E-state index contributed by atoms with van der Waals surface area (Å²) in [6.07, 6.45) is 4.11. The van der Waals surface area contributed by atoms with Crippen LogP contribution in [0, 0.1) is 11.3 Å². The van der Waals surface area contributed by atoms with Gasteiger partial charge in [0.2, 0.25) is 0 Å². The Morgan fingerprint density at radius 1 is 1.53 bits per heavy atom. The number of rotatable bonds is 8. The molecule has 0 bridgehead atoms. The third-order valence-corrected chi connectivity index (χ3v) is 4.39. The van der Waals surface area contributed by atoms with Gasteiger partial charge in [0.25, 0.3) is 0 Å². The minimum atomic E-state index is 0.323. The Balaban J connectivity index is 2.53.